The van der Waals surface area contributed by atoms with E-state index >= 15 is 0 Å². The van der Waals surface area contributed by atoms with E-state index in [4.69, 9.17) is 0 Å². The first-order chi connectivity index (χ1) is 5.25. The summed E-state index contributed by atoms with van der Waals surface area (Å²) in [6, 6.07) is 0.390. The summed E-state index contributed by atoms with van der Waals surface area (Å²) in [5.74, 6) is 0.549. The van der Waals surface area contributed by atoms with Gasteiger partial charge < -0.3 is 10.2 Å². The van der Waals surface area contributed by atoms with Gasteiger partial charge in [-0.15, -0.1) is 0 Å². The van der Waals surface area contributed by atoms with E-state index in [2.05, 4.69) is 19.2 Å². The summed E-state index contributed by atoms with van der Waals surface area (Å²) in [6.45, 7) is 7.02. The number of carbonyl (C=O) groups excluding carboxylic acids is 1. The Kier molecular flexibility index (Phi) is 2.88. The van der Waals surface area contributed by atoms with Crippen LogP contribution in [0.3, 0.4) is 0 Å². The van der Waals surface area contributed by atoms with Crippen LogP contribution in [0.25, 0.3) is 0 Å². The molecule has 64 valence electrons. The van der Waals surface area contributed by atoms with Gasteiger partial charge in [-0.25, -0.2) is 0 Å². The summed E-state index contributed by atoms with van der Waals surface area (Å²) >= 11 is 0. The molecule has 11 heavy (non-hydrogen) atoms. The maximum atomic E-state index is 10.6. The number of rotatable bonds is 2. The van der Waals surface area contributed by atoms with Crippen LogP contribution in [0.5, 0.6) is 0 Å². The van der Waals surface area contributed by atoms with Gasteiger partial charge in [-0.05, 0) is 5.92 Å². The second kappa shape index (κ2) is 3.72. The standard InChI is InChI=1S/C8H16N2O/c1-7(2)8-5-9-3-4-10(8)6-11/h6-9H,3-5H2,1-2H3/t8-/m1/s1. The fourth-order valence-corrected chi connectivity index (χ4v) is 1.49. The van der Waals surface area contributed by atoms with E-state index in [0.717, 1.165) is 26.0 Å². The number of nitrogens with one attached hydrogen (secondary N) is 1. The second-order valence-electron chi connectivity index (χ2n) is 3.36. The van der Waals surface area contributed by atoms with Gasteiger partial charge in [-0.3, -0.25) is 4.79 Å². The van der Waals surface area contributed by atoms with Gasteiger partial charge in [0, 0.05) is 25.7 Å². The van der Waals surface area contributed by atoms with Crippen LogP contribution in [0.2, 0.25) is 0 Å². The molecule has 0 aromatic rings. The average molecular weight is 156 g/mol. The lowest BCUT2D eigenvalue weighted by molar-refractivity contribution is -0.121. The molecule has 1 atom stereocenters. The third-order valence-corrected chi connectivity index (χ3v) is 2.23. The molecule has 1 fully saturated rings. The summed E-state index contributed by atoms with van der Waals surface area (Å²) in [6.07, 6.45) is 0.964. The van der Waals surface area contributed by atoms with E-state index in [1.54, 1.807) is 0 Å². The van der Waals surface area contributed by atoms with Gasteiger partial charge in [0.15, 0.2) is 0 Å². The topological polar surface area (TPSA) is 32.3 Å². The van der Waals surface area contributed by atoms with E-state index in [9.17, 15) is 4.79 Å². The number of hydrogen-bond donors (Lipinski definition) is 1. The fraction of sp³-hybridized carbons (Fsp3) is 0.875. The SMILES string of the molecule is CC(C)[C@H]1CNCCN1C=O. The Balaban J connectivity index is 2.51. The van der Waals surface area contributed by atoms with E-state index in [1.165, 1.54) is 0 Å². The van der Waals surface area contributed by atoms with Gasteiger partial charge >= 0.3 is 0 Å². The normalized spacial score (nSPS) is 25.7. The maximum absolute atomic E-state index is 10.6. The summed E-state index contributed by atoms with van der Waals surface area (Å²) in [5, 5.41) is 3.28. The number of piperazine rings is 1. The van der Waals surface area contributed by atoms with Gasteiger partial charge in [-0.2, -0.15) is 0 Å². The lowest BCUT2D eigenvalue weighted by atomic mass is 10.0. The molecule has 3 heteroatoms. The van der Waals surface area contributed by atoms with Gasteiger partial charge in [0.2, 0.25) is 6.41 Å². The Bertz CT molecular complexity index is 136. The number of amides is 1. The van der Waals surface area contributed by atoms with Gasteiger partial charge in [0.1, 0.15) is 0 Å². The third-order valence-electron chi connectivity index (χ3n) is 2.23. The molecule has 0 aromatic heterocycles. The minimum absolute atomic E-state index is 0.390. The van der Waals surface area contributed by atoms with E-state index < -0.39 is 0 Å². The molecule has 0 aliphatic carbocycles. The summed E-state index contributed by atoms with van der Waals surface area (Å²) in [7, 11) is 0. The molecule has 0 aromatic carbocycles. The van der Waals surface area contributed by atoms with Crippen molar-refractivity contribution in [2.45, 2.75) is 19.9 Å². The number of nitrogens with zero attached hydrogens (tertiary/aromatic N) is 1. The molecule has 0 radical (unpaired) electrons. The zero-order valence-electron chi connectivity index (χ0n) is 7.21. The predicted octanol–water partition coefficient (Wildman–Crippen LogP) is 0.0726. The van der Waals surface area contributed by atoms with Crippen LogP contribution < -0.4 is 5.32 Å². The summed E-state index contributed by atoms with van der Waals surface area (Å²) < 4.78 is 0. The predicted molar refractivity (Wildman–Crippen MR) is 44.3 cm³/mol. The molecule has 0 spiro atoms. The van der Waals surface area contributed by atoms with Crippen molar-refractivity contribution in [3.63, 3.8) is 0 Å². The molecular formula is C8H16N2O. The molecular weight excluding hydrogens is 140 g/mol. The first-order valence-corrected chi connectivity index (χ1v) is 4.17. The first-order valence-electron chi connectivity index (χ1n) is 4.17. The monoisotopic (exact) mass is 156 g/mol. The van der Waals surface area contributed by atoms with Crippen LogP contribution in [0.4, 0.5) is 0 Å². The van der Waals surface area contributed by atoms with Gasteiger partial charge in [0.05, 0.1) is 0 Å². The van der Waals surface area contributed by atoms with Crippen molar-refractivity contribution in [1.29, 1.82) is 0 Å². The van der Waals surface area contributed by atoms with Crippen molar-refractivity contribution < 1.29 is 4.79 Å². The molecule has 0 unspecified atom stereocenters. The molecule has 1 amide bonds. The molecule has 3 nitrogen and oxygen atoms in total. The van der Waals surface area contributed by atoms with E-state index in [0.29, 0.717) is 12.0 Å². The highest BCUT2D eigenvalue weighted by atomic mass is 16.1. The lowest BCUT2D eigenvalue weighted by Gasteiger charge is -2.35. The second-order valence-corrected chi connectivity index (χ2v) is 3.36. The summed E-state index contributed by atoms with van der Waals surface area (Å²) in [5.41, 5.74) is 0. The molecule has 1 saturated heterocycles. The van der Waals surface area contributed by atoms with Crippen LogP contribution in [0.1, 0.15) is 13.8 Å². The Morgan fingerprint density at radius 1 is 1.64 bits per heavy atom. The Labute approximate surface area is 67.8 Å². The molecule has 0 saturated carbocycles. The summed E-state index contributed by atoms with van der Waals surface area (Å²) in [4.78, 5) is 12.5. The van der Waals surface area contributed by atoms with Crippen molar-refractivity contribution in [1.82, 2.24) is 10.2 Å². The van der Waals surface area contributed by atoms with E-state index in [1.807, 2.05) is 4.90 Å². The van der Waals surface area contributed by atoms with Crippen LogP contribution in [0.15, 0.2) is 0 Å². The largest absolute Gasteiger partial charge is 0.339 e. The van der Waals surface area contributed by atoms with Crippen LogP contribution in [-0.4, -0.2) is 37.0 Å². The molecule has 0 bridgehead atoms. The highest BCUT2D eigenvalue weighted by Crippen LogP contribution is 2.10. The zero-order chi connectivity index (χ0) is 8.27. The van der Waals surface area contributed by atoms with Gasteiger partial charge in [-0.1, -0.05) is 13.8 Å². The minimum Gasteiger partial charge on any atom is -0.339 e. The third kappa shape index (κ3) is 1.93. The number of carbonyl (C=O) groups is 1. The Morgan fingerprint density at radius 2 is 2.36 bits per heavy atom. The first kappa shape index (κ1) is 8.53. The van der Waals surface area contributed by atoms with Crippen molar-refractivity contribution >= 4 is 6.41 Å². The highest BCUT2D eigenvalue weighted by molar-refractivity contribution is 5.48. The zero-order valence-corrected chi connectivity index (χ0v) is 7.21. The number of hydrogen-bond acceptors (Lipinski definition) is 2. The van der Waals surface area contributed by atoms with Crippen LogP contribution >= 0.6 is 0 Å². The van der Waals surface area contributed by atoms with Crippen LogP contribution in [0, 0.1) is 5.92 Å². The van der Waals surface area contributed by atoms with Crippen molar-refractivity contribution in [2.24, 2.45) is 5.92 Å². The molecule has 1 N–H and O–H groups in total. The smallest absolute Gasteiger partial charge is 0.210 e. The molecule has 1 rings (SSSR count). The Hall–Kier alpha value is -0.570. The van der Waals surface area contributed by atoms with Crippen molar-refractivity contribution in [3.8, 4) is 0 Å². The molecule has 1 aliphatic heterocycles. The lowest BCUT2D eigenvalue weighted by Crippen LogP contribution is -2.52. The molecule has 1 aliphatic rings. The van der Waals surface area contributed by atoms with E-state index in [-0.39, 0.29) is 0 Å². The van der Waals surface area contributed by atoms with Crippen LogP contribution in [-0.2, 0) is 4.79 Å². The maximum Gasteiger partial charge on any atom is 0.210 e. The van der Waals surface area contributed by atoms with Gasteiger partial charge in [0.25, 0.3) is 0 Å². The average Bonchev–Trinajstić information content (AvgIpc) is 2.04. The molecule has 1 heterocycles. The van der Waals surface area contributed by atoms with Crippen molar-refractivity contribution in [2.75, 3.05) is 19.6 Å². The quantitative estimate of drug-likeness (QED) is 0.574. The van der Waals surface area contributed by atoms with Crippen molar-refractivity contribution in [3.05, 3.63) is 0 Å². The fourth-order valence-electron chi connectivity index (χ4n) is 1.49. The Morgan fingerprint density at radius 3 is 2.82 bits per heavy atom. The highest BCUT2D eigenvalue weighted by Gasteiger charge is 2.22. The minimum atomic E-state index is 0.390.